The molecule has 3 aromatic heterocycles. The van der Waals surface area contributed by atoms with Gasteiger partial charge >= 0.3 is 0 Å². The molecule has 0 fully saturated rings. The Morgan fingerprint density at radius 2 is 0.719 bits per heavy atom. The van der Waals surface area contributed by atoms with Crippen molar-refractivity contribution in [3.63, 3.8) is 0 Å². The molecule has 2 aliphatic rings. The van der Waals surface area contributed by atoms with E-state index in [0.717, 1.165) is 22.7 Å². The van der Waals surface area contributed by atoms with Gasteiger partial charge < -0.3 is 18.6 Å². The number of fused-ring (bicyclic) bond motifs is 13. The van der Waals surface area contributed by atoms with Crippen molar-refractivity contribution in [1.29, 1.82) is 0 Å². The van der Waals surface area contributed by atoms with Gasteiger partial charge in [-0.2, -0.15) is 0 Å². The Labute approximate surface area is 371 Å². The molecular weight excluding hydrogens is 777 g/mol. The maximum absolute atomic E-state index is 2.56. The molecule has 0 saturated carbocycles. The van der Waals surface area contributed by atoms with Gasteiger partial charge in [0.15, 0.2) is 0 Å². The lowest BCUT2D eigenvalue weighted by molar-refractivity contribution is 0.630. The fourth-order valence-electron chi connectivity index (χ4n) is 12.0. The first-order chi connectivity index (χ1) is 31.3. The molecule has 12 aromatic rings. The maximum atomic E-state index is 2.56. The monoisotopic (exact) mass is 820 g/mol. The average molecular weight is 821 g/mol. The molecular formula is C60H44N4. The number of nitrogens with zero attached hydrogens (tertiary/aromatic N) is 4. The number of hydrogen-bond donors (Lipinski definition) is 0. The molecule has 4 heteroatoms. The van der Waals surface area contributed by atoms with Crippen LogP contribution in [0.2, 0.25) is 0 Å². The molecule has 304 valence electrons. The van der Waals surface area contributed by atoms with Crippen molar-refractivity contribution < 1.29 is 0 Å². The number of hydrogen-bond acceptors (Lipinski definition) is 1. The van der Waals surface area contributed by atoms with E-state index in [4.69, 9.17) is 0 Å². The molecule has 0 radical (unpaired) electrons. The molecule has 0 spiro atoms. The molecule has 0 unspecified atom stereocenters. The standard InChI is InChI=1S/C60H44N4/c1-59(2)47-23-11-16-28-55(47)63-52-26-14-9-21-42(52)45-33-39(35-49(59)57(45)63)61(38-30-31-54-44(32-38)41-20-8-13-25-51(41)62(54)37-18-6-5-7-19-37)40-34-46-43-22-10-15-27-53(43)64-56-29-17-12-24-48(56)60(3,4)50(36-40)58(46)64/h5-36H,1-4H3. The van der Waals surface area contributed by atoms with Crippen LogP contribution in [0.15, 0.2) is 194 Å². The number of benzene rings is 9. The maximum Gasteiger partial charge on any atom is 0.0583 e. The van der Waals surface area contributed by atoms with Crippen LogP contribution in [0.4, 0.5) is 17.1 Å². The van der Waals surface area contributed by atoms with E-state index in [1.54, 1.807) is 0 Å². The van der Waals surface area contributed by atoms with Crippen molar-refractivity contribution in [3.8, 4) is 17.1 Å². The number of aromatic nitrogens is 3. The van der Waals surface area contributed by atoms with Gasteiger partial charge in [0.2, 0.25) is 0 Å². The molecule has 0 N–H and O–H groups in total. The minimum Gasteiger partial charge on any atom is -0.310 e. The molecule has 4 nitrogen and oxygen atoms in total. The third-order valence-corrected chi connectivity index (χ3v) is 14.9. The van der Waals surface area contributed by atoms with Crippen LogP contribution in [0.1, 0.15) is 49.9 Å². The highest BCUT2D eigenvalue weighted by Crippen LogP contribution is 2.53. The topological polar surface area (TPSA) is 18.0 Å². The summed E-state index contributed by atoms with van der Waals surface area (Å²) in [4.78, 5) is 2.56. The second-order valence-corrected chi connectivity index (χ2v) is 19.0. The molecule has 2 aliphatic heterocycles. The van der Waals surface area contributed by atoms with Crippen LogP contribution < -0.4 is 4.90 Å². The van der Waals surface area contributed by atoms with Gasteiger partial charge in [-0.3, -0.25) is 0 Å². The van der Waals surface area contributed by atoms with Crippen molar-refractivity contribution in [3.05, 3.63) is 216 Å². The Morgan fingerprint density at radius 1 is 0.312 bits per heavy atom. The summed E-state index contributed by atoms with van der Waals surface area (Å²) < 4.78 is 7.45. The minimum absolute atomic E-state index is 0.261. The molecule has 9 aromatic carbocycles. The van der Waals surface area contributed by atoms with Crippen molar-refractivity contribution in [2.24, 2.45) is 0 Å². The Balaban J connectivity index is 1.12. The number of para-hydroxylation sites is 6. The highest BCUT2D eigenvalue weighted by molar-refractivity contribution is 6.16. The van der Waals surface area contributed by atoms with Gasteiger partial charge in [-0.1, -0.05) is 137 Å². The largest absolute Gasteiger partial charge is 0.310 e. The van der Waals surface area contributed by atoms with Gasteiger partial charge in [0, 0.05) is 65.9 Å². The van der Waals surface area contributed by atoms with Crippen LogP contribution in [0.25, 0.3) is 82.5 Å². The molecule has 0 amide bonds. The number of rotatable bonds is 4. The molecule has 64 heavy (non-hydrogen) atoms. The van der Waals surface area contributed by atoms with Crippen LogP contribution in [-0.4, -0.2) is 13.7 Å². The average Bonchev–Trinajstić information content (AvgIpc) is 3.97. The lowest BCUT2D eigenvalue weighted by atomic mass is 9.74. The molecule has 0 bridgehead atoms. The summed E-state index contributed by atoms with van der Waals surface area (Å²) in [6, 6.07) is 72.6. The zero-order valence-corrected chi connectivity index (χ0v) is 36.3. The lowest BCUT2D eigenvalue weighted by Gasteiger charge is -2.37. The fourth-order valence-corrected chi connectivity index (χ4v) is 12.0. The van der Waals surface area contributed by atoms with Crippen molar-refractivity contribution in [2.45, 2.75) is 38.5 Å². The summed E-state index contributed by atoms with van der Waals surface area (Å²) in [5.41, 5.74) is 19.4. The summed E-state index contributed by atoms with van der Waals surface area (Å²) >= 11 is 0. The van der Waals surface area contributed by atoms with E-state index < -0.39 is 0 Å². The molecule has 0 atom stereocenters. The third kappa shape index (κ3) is 4.52. The van der Waals surface area contributed by atoms with E-state index >= 15 is 0 Å². The van der Waals surface area contributed by atoms with Crippen LogP contribution in [0.3, 0.4) is 0 Å². The van der Waals surface area contributed by atoms with Gasteiger partial charge in [-0.15, -0.1) is 0 Å². The third-order valence-electron chi connectivity index (χ3n) is 14.9. The van der Waals surface area contributed by atoms with E-state index in [0.29, 0.717) is 0 Å². The zero-order chi connectivity index (χ0) is 42.6. The highest BCUT2D eigenvalue weighted by atomic mass is 15.1. The predicted molar refractivity (Wildman–Crippen MR) is 268 cm³/mol. The smallest absolute Gasteiger partial charge is 0.0583 e. The van der Waals surface area contributed by atoms with Gasteiger partial charge in [0.05, 0.1) is 44.5 Å². The molecule has 0 aliphatic carbocycles. The van der Waals surface area contributed by atoms with Crippen molar-refractivity contribution in [2.75, 3.05) is 4.90 Å². The second kappa shape index (κ2) is 12.4. The Bertz CT molecular complexity index is 3780. The first-order valence-corrected chi connectivity index (χ1v) is 22.5. The van der Waals surface area contributed by atoms with Crippen LogP contribution in [0, 0.1) is 0 Å². The Hall–Kier alpha value is -7.82. The molecule has 14 rings (SSSR count). The summed E-state index contributed by atoms with van der Waals surface area (Å²) in [7, 11) is 0. The zero-order valence-electron chi connectivity index (χ0n) is 36.3. The van der Waals surface area contributed by atoms with E-state index in [9.17, 15) is 0 Å². The van der Waals surface area contributed by atoms with E-state index in [2.05, 4.69) is 240 Å². The van der Waals surface area contributed by atoms with Crippen molar-refractivity contribution >= 4 is 82.5 Å². The quantitative estimate of drug-likeness (QED) is 0.173. The minimum atomic E-state index is -0.261. The van der Waals surface area contributed by atoms with Crippen LogP contribution in [-0.2, 0) is 10.8 Å². The highest BCUT2D eigenvalue weighted by Gasteiger charge is 2.38. The van der Waals surface area contributed by atoms with Crippen molar-refractivity contribution in [1.82, 2.24) is 13.7 Å². The van der Waals surface area contributed by atoms with Gasteiger partial charge in [-0.05, 0) is 107 Å². The number of anilines is 3. The van der Waals surface area contributed by atoms with Crippen LogP contribution >= 0.6 is 0 Å². The first kappa shape index (κ1) is 35.7. The van der Waals surface area contributed by atoms with E-state index in [-0.39, 0.29) is 10.8 Å². The summed E-state index contributed by atoms with van der Waals surface area (Å²) in [5, 5.41) is 7.53. The first-order valence-electron chi connectivity index (χ1n) is 22.5. The lowest BCUT2D eigenvalue weighted by Crippen LogP contribution is -2.27. The van der Waals surface area contributed by atoms with Gasteiger partial charge in [-0.25, -0.2) is 0 Å². The molecule has 0 saturated heterocycles. The van der Waals surface area contributed by atoms with Gasteiger partial charge in [0.25, 0.3) is 0 Å². The second-order valence-electron chi connectivity index (χ2n) is 19.0. The fraction of sp³-hybridized carbons (Fsp3) is 0.100. The summed E-state index contributed by atoms with van der Waals surface area (Å²) in [6.07, 6.45) is 0. The van der Waals surface area contributed by atoms with Crippen LogP contribution in [0.5, 0.6) is 0 Å². The van der Waals surface area contributed by atoms with E-state index in [1.165, 1.54) is 99.0 Å². The SMILES string of the molecule is CC1(C)c2ccccc2-n2c3ccccc3c3cc(N(c4ccc5c(c4)c4ccccc4n5-c4ccccc4)c4cc5c6c(c4)c4ccccc4n6-c4ccccc4C5(C)C)cc1c32. The summed E-state index contributed by atoms with van der Waals surface area (Å²) in [5.74, 6) is 0. The molecule has 5 heterocycles. The Morgan fingerprint density at radius 3 is 1.25 bits per heavy atom. The van der Waals surface area contributed by atoms with Gasteiger partial charge in [0.1, 0.15) is 0 Å². The normalized spacial score (nSPS) is 14.5. The predicted octanol–water partition coefficient (Wildman–Crippen LogP) is 15.7. The summed E-state index contributed by atoms with van der Waals surface area (Å²) in [6.45, 7) is 9.63. The Kier molecular flexibility index (Phi) is 6.94. The van der Waals surface area contributed by atoms with E-state index in [1.807, 2.05) is 0 Å².